The van der Waals surface area contributed by atoms with E-state index in [1.54, 1.807) is 11.3 Å². The molecule has 2 N–H and O–H groups in total. The monoisotopic (exact) mass is 242 g/mol. The molecule has 0 amide bonds. The van der Waals surface area contributed by atoms with Crippen LogP contribution in [0.1, 0.15) is 49.4 Å². The maximum atomic E-state index is 8.64. The van der Waals surface area contributed by atoms with Gasteiger partial charge < -0.3 is 10.4 Å². The first-order chi connectivity index (χ1) is 7.74. The van der Waals surface area contributed by atoms with Crippen LogP contribution in [-0.2, 0) is 0 Å². The van der Waals surface area contributed by atoms with Crippen LogP contribution in [0, 0.1) is 6.92 Å². The highest BCUT2D eigenvalue weighted by molar-refractivity contribution is 7.09. The van der Waals surface area contributed by atoms with Gasteiger partial charge in [-0.2, -0.15) is 0 Å². The SMILES string of the molecule is Cc1csc(C(C)NCCCCCCO)n1. The highest BCUT2D eigenvalue weighted by Gasteiger charge is 2.07. The van der Waals surface area contributed by atoms with Crippen LogP contribution in [-0.4, -0.2) is 23.2 Å². The quantitative estimate of drug-likeness (QED) is 0.689. The van der Waals surface area contributed by atoms with Gasteiger partial charge in [-0.05, 0) is 33.2 Å². The van der Waals surface area contributed by atoms with E-state index >= 15 is 0 Å². The van der Waals surface area contributed by atoms with E-state index in [0.29, 0.717) is 12.6 Å². The van der Waals surface area contributed by atoms with Crippen molar-refractivity contribution in [3.63, 3.8) is 0 Å². The van der Waals surface area contributed by atoms with E-state index in [2.05, 4.69) is 22.6 Å². The molecule has 1 aromatic heterocycles. The second kappa shape index (κ2) is 7.76. The predicted octanol–water partition coefficient (Wildman–Crippen LogP) is 2.65. The number of aliphatic hydroxyl groups excluding tert-OH is 1. The maximum absolute atomic E-state index is 8.64. The summed E-state index contributed by atoms with van der Waals surface area (Å²) in [5.41, 5.74) is 1.11. The molecule has 1 aromatic rings. The van der Waals surface area contributed by atoms with Gasteiger partial charge in [0.25, 0.3) is 0 Å². The molecule has 0 aliphatic rings. The van der Waals surface area contributed by atoms with Crippen molar-refractivity contribution < 1.29 is 5.11 Å². The topological polar surface area (TPSA) is 45.1 Å². The van der Waals surface area contributed by atoms with Gasteiger partial charge in [0.2, 0.25) is 0 Å². The average Bonchev–Trinajstić information content (AvgIpc) is 2.70. The normalized spacial score (nSPS) is 12.9. The van der Waals surface area contributed by atoms with Gasteiger partial charge in [0, 0.05) is 17.7 Å². The molecule has 0 aliphatic carbocycles. The summed E-state index contributed by atoms with van der Waals surface area (Å²) in [5.74, 6) is 0. The maximum Gasteiger partial charge on any atom is 0.110 e. The Bertz CT molecular complexity index is 288. The van der Waals surface area contributed by atoms with Crippen LogP contribution in [0.4, 0.5) is 0 Å². The van der Waals surface area contributed by atoms with Crippen molar-refractivity contribution in [2.75, 3.05) is 13.2 Å². The zero-order chi connectivity index (χ0) is 11.8. The fourth-order valence-corrected chi connectivity index (χ4v) is 2.40. The van der Waals surface area contributed by atoms with Crippen molar-refractivity contribution in [1.29, 1.82) is 0 Å². The minimum Gasteiger partial charge on any atom is -0.396 e. The number of hydrogen-bond acceptors (Lipinski definition) is 4. The summed E-state index contributed by atoms with van der Waals surface area (Å²) in [4.78, 5) is 4.46. The molecule has 0 bridgehead atoms. The van der Waals surface area contributed by atoms with E-state index < -0.39 is 0 Å². The summed E-state index contributed by atoms with van der Waals surface area (Å²) in [6.45, 7) is 5.54. The molecule has 1 unspecified atom stereocenters. The number of aromatic nitrogens is 1. The molecule has 0 aliphatic heterocycles. The van der Waals surface area contributed by atoms with Crippen molar-refractivity contribution in [2.24, 2.45) is 0 Å². The summed E-state index contributed by atoms with van der Waals surface area (Å²) < 4.78 is 0. The Hall–Kier alpha value is -0.450. The number of aryl methyl sites for hydroxylation is 1. The molecule has 1 rings (SSSR count). The van der Waals surface area contributed by atoms with Gasteiger partial charge in [0.05, 0.1) is 6.04 Å². The molecule has 0 aromatic carbocycles. The molecule has 0 fully saturated rings. The number of hydrogen-bond donors (Lipinski definition) is 2. The van der Waals surface area contributed by atoms with Crippen LogP contribution in [0.3, 0.4) is 0 Å². The molecule has 1 heterocycles. The Morgan fingerprint density at radius 2 is 2.12 bits per heavy atom. The summed E-state index contributed by atoms with van der Waals surface area (Å²) in [5, 5.41) is 15.4. The van der Waals surface area contributed by atoms with E-state index in [9.17, 15) is 0 Å². The molecule has 3 nitrogen and oxygen atoms in total. The first-order valence-corrected chi connectivity index (χ1v) is 6.88. The number of nitrogens with zero attached hydrogens (tertiary/aromatic N) is 1. The van der Waals surface area contributed by atoms with Gasteiger partial charge in [-0.15, -0.1) is 11.3 Å². The number of nitrogens with one attached hydrogen (secondary N) is 1. The second-order valence-corrected chi connectivity index (χ2v) is 5.03. The molecule has 92 valence electrons. The minimum absolute atomic E-state index is 0.322. The zero-order valence-electron chi connectivity index (χ0n) is 10.2. The first kappa shape index (κ1) is 13.6. The van der Waals surface area contributed by atoms with Crippen LogP contribution >= 0.6 is 11.3 Å². The molecule has 1 atom stereocenters. The molecule has 0 radical (unpaired) electrons. The number of thiazole rings is 1. The van der Waals surface area contributed by atoms with Crippen LogP contribution in [0.5, 0.6) is 0 Å². The summed E-state index contributed by atoms with van der Waals surface area (Å²) in [7, 11) is 0. The Labute approximate surface area is 102 Å². The fourth-order valence-electron chi connectivity index (χ4n) is 1.57. The lowest BCUT2D eigenvalue weighted by Crippen LogP contribution is -2.19. The standard InChI is InChI=1S/C12H22N2OS/c1-10-9-16-12(14-10)11(2)13-7-5-3-4-6-8-15/h9,11,13,15H,3-8H2,1-2H3. The van der Waals surface area contributed by atoms with E-state index in [-0.39, 0.29) is 0 Å². The van der Waals surface area contributed by atoms with E-state index in [1.807, 2.05) is 6.92 Å². The third-order valence-electron chi connectivity index (χ3n) is 2.54. The Kier molecular flexibility index (Phi) is 6.61. The largest absolute Gasteiger partial charge is 0.396 e. The van der Waals surface area contributed by atoms with Crippen LogP contribution in [0.15, 0.2) is 5.38 Å². The Morgan fingerprint density at radius 1 is 1.38 bits per heavy atom. The van der Waals surface area contributed by atoms with Gasteiger partial charge in [0.15, 0.2) is 0 Å². The molecule has 0 saturated carbocycles. The van der Waals surface area contributed by atoms with Crippen LogP contribution < -0.4 is 5.32 Å². The first-order valence-electron chi connectivity index (χ1n) is 6.00. The highest BCUT2D eigenvalue weighted by Crippen LogP contribution is 2.17. The molecular weight excluding hydrogens is 220 g/mol. The molecule has 0 saturated heterocycles. The molecular formula is C12H22N2OS. The third-order valence-corrected chi connectivity index (χ3v) is 3.69. The fraction of sp³-hybridized carbons (Fsp3) is 0.750. The van der Waals surface area contributed by atoms with Gasteiger partial charge in [0.1, 0.15) is 5.01 Å². The Balaban J connectivity index is 2.09. The zero-order valence-corrected chi connectivity index (χ0v) is 11.0. The van der Waals surface area contributed by atoms with Crippen molar-refractivity contribution in [3.8, 4) is 0 Å². The molecule has 0 spiro atoms. The lowest BCUT2D eigenvalue weighted by atomic mass is 10.2. The molecule has 4 heteroatoms. The third kappa shape index (κ3) is 5.05. The van der Waals surface area contributed by atoms with Crippen LogP contribution in [0.25, 0.3) is 0 Å². The number of unbranched alkanes of at least 4 members (excludes halogenated alkanes) is 3. The number of aliphatic hydroxyl groups is 1. The van der Waals surface area contributed by atoms with Crippen molar-refractivity contribution >= 4 is 11.3 Å². The van der Waals surface area contributed by atoms with Crippen molar-refractivity contribution in [1.82, 2.24) is 10.3 Å². The van der Waals surface area contributed by atoms with Crippen molar-refractivity contribution in [2.45, 2.75) is 45.6 Å². The summed E-state index contributed by atoms with van der Waals surface area (Å²) in [6.07, 6.45) is 4.43. The smallest absolute Gasteiger partial charge is 0.110 e. The average molecular weight is 242 g/mol. The van der Waals surface area contributed by atoms with Crippen LogP contribution in [0.2, 0.25) is 0 Å². The van der Waals surface area contributed by atoms with Crippen molar-refractivity contribution in [3.05, 3.63) is 16.1 Å². The van der Waals surface area contributed by atoms with Gasteiger partial charge in [-0.25, -0.2) is 4.98 Å². The van der Waals surface area contributed by atoms with Gasteiger partial charge >= 0.3 is 0 Å². The Morgan fingerprint density at radius 3 is 2.75 bits per heavy atom. The van der Waals surface area contributed by atoms with E-state index in [1.165, 1.54) is 17.8 Å². The predicted molar refractivity (Wildman–Crippen MR) is 68.8 cm³/mol. The van der Waals surface area contributed by atoms with E-state index in [0.717, 1.165) is 25.1 Å². The lowest BCUT2D eigenvalue weighted by Gasteiger charge is -2.10. The van der Waals surface area contributed by atoms with Gasteiger partial charge in [-0.3, -0.25) is 0 Å². The molecule has 16 heavy (non-hydrogen) atoms. The highest BCUT2D eigenvalue weighted by atomic mass is 32.1. The summed E-state index contributed by atoms with van der Waals surface area (Å²) >= 11 is 1.72. The number of rotatable bonds is 8. The minimum atomic E-state index is 0.322. The lowest BCUT2D eigenvalue weighted by molar-refractivity contribution is 0.282. The second-order valence-electron chi connectivity index (χ2n) is 4.14. The van der Waals surface area contributed by atoms with Gasteiger partial charge in [-0.1, -0.05) is 12.8 Å². The van der Waals surface area contributed by atoms with E-state index in [4.69, 9.17) is 5.11 Å². The summed E-state index contributed by atoms with van der Waals surface area (Å²) in [6, 6.07) is 0.358.